The molecular weight excluding hydrogens is 248 g/mol. The summed E-state index contributed by atoms with van der Waals surface area (Å²) >= 11 is 1.80. The summed E-state index contributed by atoms with van der Waals surface area (Å²) in [5.41, 5.74) is 0. The van der Waals surface area contributed by atoms with E-state index in [1.807, 2.05) is 12.1 Å². The van der Waals surface area contributed by atoms with Gasteiger partial charge in [0.15, 0.2) is 5.96 Å². The predicted octanol–water partition coefficient (Wildman–Crippen LogP) is 0.988. The number of thioether (sulfide) groups is 1. The second kappa shape index (κ2) is 9.58. The number of aromatic nitrogens is 1. The molecule has 0 aliphatic rings. The molecule has 1 aromatic heterocycles. The molecule has 0 aromatic carbocycles. The molecule has 0 saturated heterocycles. The van der Waals surface area contributed by atoms with Crippen LogP contribution in [0.1, 0.15) is 0 Å². The van der Waals surface area contributed by atoms with Crippen LogP contribution in [0.2, 0.25) is 0 Å². The van der Waals surface area contributed by atoms with Crippen molar-refractivity contribution in [2.24, 2.45) is 4.99 Å². The zero-order valence-corrected chi connectivity index (χ0v) is 11.7. The molecule has 0 bridgehead atoms. The fourth-order valence-electron chi connectivity index (χ4n) is 1.26. The summed E-state index contributed by atoms with van der Waals surface area (Å²) in [7, 11) is 1.76. The summed E-state index contributed by atoms with van der Waals surface area (Å²) in [5.74, 6) is 2.65. The summed E-state index contributed by atoms with van der Waals surface area (Å²) in [6.07, 6.45) is 5.51. The monoisotopic (exact) mass is 268 g/mol. The largest absolute Gasteiger partial charge is 0.490 e. The highest BCUT2D eigenvalue weighted by atomic mass is 32.2. The van der Waals surface area contributed by atoms with E-state index in [0.29, 0.717) is 13.2 Å². The number of ether oxygens (including phenoxy) is 1. The molecule has 1 heterocycles. The molecule has 2 N–H and O–H groups in total. The molecule has 18 heavy (non-hydrogen) atoms. The molecule has 0 aliphatic heterocycles. The van der Waals surface area contributed by atoms with E-state index >= 15 is 0 Å². The number of pyridine rings is 1. The summed E-state index contributed by atoms with van der Waals surface area (Å²) in [5, 5.41) is 6.40. The first-order valence-electron chi connectivity index (χ1n) is 5.83. The average molecular weight is 268 g/mol. The lowest BCUT2D eigenvalue weighted by atomic mass is 10.5. The molecule has 0 unspecified atom stereocenters. The summed E-state index contributed by atoms with van der Waals surface area (Å²) < 4.78 is 5.51. The van der Waals surface area contributed by atoms with Crippen LogP contribution in [0.25, 0.3) is 0 Å². The Morgan fingerprint density at radius 1 is 1.44 bits per heavy atom. The van der Waals surface area contributed by atoms with Crippen LogP contribution >= 0.6 is 11.8 Å². The maximum Gasteiger partial charge on any atom is 0.191 e. The van der Waals surface area contributed by atoms with Gasteiger partial charge in [0.1, 0.15) is 12.4 Å². The second-order valence-corrected chi connectivity index (χ2v) is 4.44. The number of nitrogens with one attached hydrogen (secondary N) is 2. The third-order valence-electron chi connectivity index (χ3n) is 2.12. The standard InChI is InChI=1S/C12H20N4OS/c1-13-12(16-7-9-18-2)15-6-8-17-11-4-3-5-14-10-11/h3-5,10H,6-9H2,1-2H3,(H2,13,15,16). The Hall–Kier alpha value is -1.43. The van der Waals surface area contributed by atoms with Gasteiger partial charge in [0, 0.05) is 25.5 Å². The lowest BCUT2D eigenvalue weighted by Crippen LogP contribution is -2.40. The highest BCUT2D eigenvalue weighted by molar-refractivity contribution is 7.98. The fourth-order valence-corrected chi connectivity index (χ4v) is 1.57. The lowest BCUT2D eigenvalue weighted by molar-refractivity contribution is 0.320. The van der Waals surface area contributed by atoms with Crippen LogP contribution in [-0.4, -0.2) is 49.7 Å². The van der Waals surface area contributed by atoms with Crippen molar-refractivity contribution < 1.29 is 4.74 Å². The van der Waals surface area contributed by atoms with Crippen LogP contribution in [0.5, 0.6) is 5.75 Å². The Balaban J connectivity index is 2.12. The van der Waals surface area contributed by atoms with Crippen LogP contribution in [0.3, 0.4) is 0 Å². The van der Waals surface area contributed by atoms with Crippen LogP contribution in [-0.2, 0) is 0 Å². The number of rotatable bonds is 7. The third kappa shape index (κ3) is 6.34. The molecule has 0 amide bonds. The molecular formula is C12H20N4OS. The van der Waals surface area contributed by atoms with Crippen LogP contribution in [0, 0.1) is 0 Å². The quantitative estimate of drug-likeness (QED) is 0.439. The van der Waals surface area contributed by atoms with E-state index in [9.17, 15) is 0 Å². The molecule has 5 nitrogen and oxygen atoms in total. The van der Waals surface area contributed by atoms with E-state index in [4.69, 9.17) is 4.74 Å². The first-order valence-corrected chi connectivity index (χ1v) is 7.22. The average Bonchev–Trinajstić information content (AvgIpc) is 2.43. The summed E-state index contributed by atoms with van der Waals surface area (Å²) in [6.45, 7) is 2.19. The molecule has 1 aromatic rings. The minimum Gasteiger partial charge on any atom is -0.490 e. The van der Waals surface area contributed by atoms with E-state index in [-0.39, 0.29) is 0 Å². The lowest BCUT2D eigenvalue weighted by Gasteiger charge is -2.11. The highest BCUT2D eigenvalue weighted by Crippen LogP contribution is 2.04. The van der Waals surface area contributed by atoms with Crippen molar-refractivity contribution in [2.45, 2.75) is 0 Å². The van der Waals surface area contributed by atoms with E-state index in [2.05, 4.69) is 26.9 Å². The van der Waals surface area contributed by atoms with Crippen LogP contribution in [0.4, 0.5) is 0 Å². The second-order valence-electron chi connectivity index (χ2n) is 3.46. The first-order chi connectivity index (χ1) is 8.86. The van der Waals surface area contributed by atoms with Crippen molar-refractivity contribution >= 4 is 17.7 Å². The highest BCUT2D eigenvalue weighted by Gasteiger charge is 1.96. The molecule has 0 radical (unpaired) electrons. The van der Waals surface area contributed by atoms with Gasteiger partial charge in [0.05, 0.1) is 12.7 Å². The summed E-state index contributed by atoms with van der Waals surface area (Å²) in [4.78, 5) is 8.10. The Bertz CT molecular complexity index is 345. The molecule has 100 valence electrons. The molecule has 6 heteroatoms. The van der Waals surface area contributed by atoms with Gasteiger partial charge in [-0.25, -0.2) is 0 Å². The van der Waals surface area contributed by atoms with Crippen molar-refractivity contribution in [1.29, 1.82) is 0 Å². The zero-order valence-electron chi connectivity index (χ0n) is 10.8. The third-order valence-corrected chi connectivity index (χ3v) is 2.73. The van der Waals surface area contributed by atoms with Gasteiger partial charge >= 0.3 is 0 Å². The van der Waals surface area contributed by atoms with Crippen molar-refractivity contribution in [1.82, 2.24) is 15.6 Å². The Morgan fingerprint density at radius 3 is 2.94 bits per heavy atom. The molecule has 1 rings (SSSR count). The molecule has 0 aliphatic carbocycles. The van der Waals surface area contributed by atoms with Crippen molar-refractivity contribution in [3.05, 3.63) is 24.5 Å². The normalized spacial score (nSPS) is 11.1. The smallest absolute Gasteiger partial charge is 0.191 e. The van der Waals surface area contributed by atoms with Gasteiger partial charge in [-0.05, 0) is 18.4 Å². The Morgan fingerprint density at radius 2 is 2.28 bits per heavy atom. The number of nitrogens with zero attached hydrogens (tertiary/aromatic N) is 2. The van der Waals surface area contributed by atoms with E-state index in [0.717, 1.165) is 24.0 Å². The zero-order chi connectivity index (χ0) is 13.1. The molecule has 0 spiro atoms. The predicted molar refractivity (Wildman–Crippen MR) is 77.5 cm³/mol. The Kier molecular flexibility index (Phi) is 7.79. The van der Waals surface area contributed by atoms with Gasteiger partial charge in [-0.2, -0.15) is 11.8 Å². The van der Waals surface area contributed by atoms with E-state index in [1.165, 1.54) is 0 Å². The minimum absolute atomic E-state index is 0.578. The van der Waals surface area contributed by atoms with Crippen molar-refractivity contribution in [2.75, 3.05) is 38.8 Å². The number of hydrogen-bond donors (Lipinski definition) is 2. The minimum atomic E-state index is 0.578. The van der Waals surface area contributed by atoms with Gasteiger partial charge in [-0.1, -0.05) is 0 Å². The van der Waals surface area contributed by atoms with Gasteiger partial charge in [-0.15, -0.1) is 0 Å². The van der Waals surface area contributed by atoms with Crippen molar-refractivity contribution in [3.63, 3.8) is 0 Å². The number of guanidine groups is 1. The SMILES string of the molecule is CN=C(NCCOc1cccnc1)NCCSC. The number of hydrogen-bond acceptors (Lipinski definition) is 4. The Labute approximate surface area is 112 Å². The fraction of sp³-hybridized carbons (Fsp3) is 0.500. The van der Waals surface area contributed by atoms with Gasteiger partial charge in [0.25, 0.3) is 0 Å². The molecule has 0 atom stereocenters. The maximum absolute atomic E-state index is 5.51. The van der Waals surface area contributed by atoms with E-state index in [1.54, 1.807) is 31.2 Å². The van der Waals surface area contributed by atoms with Gasteiger partial charge < -0.3 is 15.4 Å². The molecule has 0 saturated carbocycles. The van der Waals surface area contributed by atoms with Gasteiger partial charge in [-0.3, -0.25) is 9.98 Å². The van der Waals surface area contributed by atoms with Crippen molar-refractivity contribution in [3.8, 4) is 5.75 Å². The molecule has 0 fully saturated rings. The van der Waals surface area contributed by atoms with Crippen LogP contribution in [0.15, 0.2) is 29.5 Å². The number of aliphatic imine (C=N–C) groups is 1. The maximum atomic E-state index is 5.51. The van der Waals surface area contributed by atoms with E-state index < -0.39 is 0 Å². The van der Waals surface area contributed by atoms with Crippen LogP contribution < -0.4 is 15.4 Å². The first kappa shape index (κ1) is 14.6. The topological polar surface area (TPSA) is 58.5 Å². The summed E-state index contributed by atoms with van der Waals surface area (Å²) in [6, 6.07) is 3.74. The van der Waals surface area contributed by atoms with Gasteiger partial charge in [0.2, 0.25) is 0 Å².